The zero-order valence-electron chi connectivity index (χ0n) is 16.5. The fourth-order valence-corrected chi connectivity index (χ4v) is 2.23. The highest BCUT2D eigenvalue weighted by molar-refractivity contribution is 5.97. The Bertz CT molecular complexity index is 860. The summed E-state index contributed by atoms with van der Waals surface area (Å²) in [6, 6.07) is 12.1. The van der Waals surface area contributed by atoms with Crippen molar-refractivity contribution in [1.82, 2.24) is 10.9 Å². The Kier molecular flexibility index (Phi) is 7.14. The number of hydrogen-bond acceptors (Lipinski definition) is 4. The first-order valence-corrected chi connectivity index (χ1v) is 8.96. The second-order valence-corrected chi connectivity index (χ2v) is 6.78. The van der Waals surface area contributed by atoms with Gasteiger partial charge in [0.1, 0.15) is 5.75 Å². The number of hydrogen-bond donors (Lipinski definition) is 3. The number of rotatable bonds is 6. The van der Waals surface area contributed by atoms with Gasteiger partial charge in [-0.15, -0.1) is 0 Å². The molecule has 28 heavy (non-hydrogen) atoms. The quantitative estimate of drug-likeness (QED) is 0.668. The molecule has 0 fully saturated rings. The van der Waals surface area contributed by atoms with Crippen LogP contribution in [0.2, 0.25) is 0 Å². The van der Waals surface area contributed by atoms with E-state index < -0.39 is 11.8 Å². The van der Waals surface area contributed by atoms with Gasteiger partial charge in [0.25, 0.3) is 11.8 Å². The summed E-state index contributed by atoms with van der Waals surface area (Å²) in [7, 11) is 0. The van der Waals surface area contributed by atoms with Crippen molar-refractivity contribution in [2.45, 2.75) is 27.7 Å². The van der Waals surface area contributed by atoms with E-state index in [2.05, 4.69) is 16.2 Å². The van der Waals surface area contributed by atoms with Crippen LogP contribution in [0, 0.1) is 19.8 Å². The van der Waals surface area contributed by atoms with Crippen LogP contribution in [0.25, 0.3) is 0 Å². The standard InChI is InChI=1S/C21H25N3O4/c1-13(2)20(26)22-17-9-7-16(8-10-17)21(27)24-23-19(25)12-28-18-11-14(3)5-6-15(18)4/h5-11,13H,12H2,1-4H3,(H,22,26)(H,23,25)(H,24,27). The summed E-state index contributed by atoms with van der Waals surface area (Å²) in [6.07, 6.45) is 0. The molecule has 0 aromatic heterocycles. The van der Waals surface area contributed by atoms with E-state index in [0.717, 1.165) is 11.1 Å². The van der Waals surface area contributed by atoms with Crippen LogP contribution in [0.1, 0.15) is 35.3 Å². The molecule has 0 aliphatic carbocycles. The summed E-state index contributed by atoms with van der Waals surface area (Å²) in [6.45, 7) is 7.20. The van der Waals surface area contributed by atoms with E-state index in [9.17, 15) is 14.4 Å². The molecule has 2 aromatic rings. The van der Waals surface area contributed by atoms with Gasteiger partial charge in [0.2, 0.25) is 5.91 Å². The van der Waals surface area contributed by atoms with Crippen LogP contribution in [0.5, 0.6) is 5.75 Å². The first-order chi connectivity index (χ1) is 13.3. The molecule has 0 saturated carbocycles. The van der Waals surface area contributed by atoms with Crippen molar-refractivity contribution >= 4 is 23.4 Å². The minimum absolute atomic E-state index is 0.103. The second kappa shape index (κ2) is 9.55. The van der Waals surface area contributed by atoms with Crippen molar-refractivity contribution in [1.29, 1.82) is 0 Å². The molecule has 0 saturated heterocycles. The minimum atomic E-state index is -0.477. The van der Waals surface area contributed by atoms with Crippen LogP contribution < -0.4 is 20.9 Å². The molecule has 0 heterocycles. The van der Waals surface area contributed by atoms with Crippen molar-refractivity contribution in [2.24, 2.45) is 5.92 Å². The number of aryl methyl sites for hydroxylation is 2. The molecule has 3 N–H and O–H groups in total. The minimum Gasteiger partial charge on any atom is -0.483 e. The number of benzene rings is 2. The van der Waals surface area contributed by atoms with Crippen molar-refractivity contribution in [2.75, 3.05) is 11.9 Å². The molecular weight excluding hydrogens is 358 g/mol. The second-order valence-electron chi connectivity index (χ2n) is 6.78. The maximum Gasteiger partial charge on any atom is 0.276 e. The summed E-state index contributed by atoms with van der Waals surface area (Å²) >= 11 is 0. The third kappa shape index (κ3) is 6.12. The highest BCUT2D eigenvalue weighted by Gasteiger charge is 2.10. The highest BCUT2D eigenvalue weighted by Crippen LogP contribution is 2.18. The predicted octanol–water partition coefficient (Wildman–Crippen LogP) is 2.74. The van der Waals surface area contributed by atoms with Gasteiger partial charge < -0.3 is 10.1 Å². The number of hydrazine groups is 1. The number of carbonyl (C=O) groups is 3. The molecule has 7 nitrogen and oxygen atoms in total. The predicted molar refractivity (Wildman–Crippen MR) is 107 cm³/mol. The lowest BCUT2D eigenvalue weighted by Gasteiger charge is -2.11. The number of nitrogens with one attached hydrogen (secondary N) is 3. The fourth-order valence-electron chi connectivity index (χ4n) is 2.23. The lowest BCUT2D eigenvalue weighted by molar-refractivity contribution is -0.124. The molecule has 3 amide bonds. The zero-order valence-corrected chi connectivity index (χ0v) is 16.5. The van der Waals surface area contributed by atoms with Gasteiger partial charge >= 0.3 is 0 Å². The van der Waals surface area contributed by atoms with Crippen molar-refractivity contribution < 1.29 is 19.1 Å². The summed E-state index contributed by atoms with van der Waals surface area (Å²) in [5, 5.41) is 2.74. The van der Waals surface area contributed by atoms with Crippen LogP contribution >= 0.6 is 0 Å². The molecule has 0 aliphatic heterocycles. The number of amides is 3. The Morgan fingerprint density at radius 3 is 2.29 bits per heavy atom. The molecule has 0 aliphatic rings. The normalized spacial score (nSPS) is 10.3. The van der Waals surface area contributed by atoms with E-state index in [4.69, 9.17) is 4.74 Å². The molecule has 0 atom stereocenters. The summed E-state index contributed by atoms with van der Waals surface area (Å²) in [5.74, 6) is -0.560. The average molecular weight is 383 g/mol. The molecule has 0 unspecified atom stereocenters. The third-order valence-electron chi connectivity index (χ3n) is 3.96. The zero-order chi connectivity index (χ0) is 20.7. The van der Waals surface area contributed by atoms with Gasteiger partial charge in [-0.2, -0.15) is 0 Å². The maximum absolute atomic E-state index is 12.1. The van der Waals surface area contributed by atoms with Crippen LogP contribution in [0.15, 0.2) is 42.5 Å². The Morgan fingerprint density at radius 1 is 0.964 bits per heavy atom. The third-order valence-corrected chi connectivity index (χ3v) is 3.96. The first-order valence-electron chi connectivity index (χ1n) is 8.96. The summed E-state index contributed by atoms with van der Waals surface area (Å²) in [5.41, 5.74) is 7.54. The van der Waals surface area contributed by atoms with E-state index in [1.807, 2.05) is 32.0 Å². The monoisotopic (exact) mass is 383 g/mol. The van der Waals surface area contributed by atoms with Gasteiger partial charge in [0, 0.05) is 17.2 Å². The van der Waals surface area contributed by atoms with Crippen LogP contribution in [-0.2, 0) is 9.59 Å². The molecule has 2 aromatic carbocycles. The van der Waals surface area contributed by atoms with Crippen molar-refractivity contribution in [3.8, 4) is 5.75 Å². The smallest absolute Gasteiger partial charge is 0.276 e. The van der Waals surface area contributed by atoms with Crippen LogP contribution in [-0.4, -0.2) is 24.3 Å². The van der Waals surface area contributed by atoms with Gasteiger partial charge in [-0.25, -0.2) is 0 Å². The Balaban J connectivity index is 1.82. The highest BCUT2D eigenvalue weighted by atomic mass is 16.5. The van der Waals surface area contributed by atoms with Crippen LogP contribution in [0.3, 0.4) is 0 Å². The molecule has 0 radical (unpaired) electrons. The first kappa shape index (κ1) is 21.0. The largest absolute Gasteiger partial charge is 0.483 e. The fraction of sp³-hybridized carbons (Fsp3) is 0.286. The Hall–Kier alpha value is -3.35. The Morgan fingerprint density at radius 2 is 1.64 bits per heavy atom. The summed E-state index contributed by atoms with van der Waals surface area (Å²) in [4.78, 5) is 35.7. The van der Waals surface area contributed by atoms with E-state index in [1.54, 1.807) is 38.1 Å². The van der Waals surface area contributed by atoms with E-state index >= 15 is 0 Å². The average Bonchev–Trinajstić information content (AvgIpc) is 2.67. The van der Waals surface area contributed by atoms with Gasteiger partial charge in [0.05, 0.1) is 0 Å². The topological polar surface area (TPSA) is 96.5 Å². The van der Waals surface area contributed by atoms with Gasteiger partial charge in [-0.3, -0.25) is 25.2 Å². The van der Waals surface area contributed by atoms with E-state index in [-0.39, 0.29) is 18.4 Å². The van der Waals surface area contributed by atoms with Crippen LogP contribution in [0.4, 0.5) is 5.69 Å². The number of anilines is 1. The summed E-state index contributed by atoms with van der Waals surface area (Å²) < 4.78 is 5.49. The molecule has 0 bridgehead atoms. The van der Waals surface area contributed by atoms with Crippen molar-refractivity contribution in [3.05, 3.63) is 59.2 Å². The van der Waals surface area contributed by atoms with E-state index in [1.165, 1.54) is 0 Å². The van der Waals surface area contributed by atoms with Gasteiger partial charge in [-0.1, -0.05) is 26.0 Å². The molecule has 0 spiro atoms. The van der Waals surface area contributed by atoms with E-state index in [0.29, 0.717) is 17.0 Å². The Labute approximate surface area is 164 Å². The number of ether oxygens (including phenoxy) is 1. The molecule has 2 rings (SSSR count). The van der Waals surface area contributed by atoms with Gasteiger partial charge in [0.15, 0.2) is 6.61 Å². The number of carbonyl (C=O) groups excluding carboxylic acids is 3. The van der Waals surface area contributed by atoms with Crippen molar-refractivity contribution in [3.63, 3.8) is 0 Å². The molecule has 7 heteroatoms. The maximum atomic E-state index is 12.1. The van der Waals surface area contributed by atoms with Gasteiger partial charge in [-0.05, 0) is 55.3 Å². The molecule has 148 valence electrons. The SMILES string of the molecule is Cc1ccc(C)c(OCC(=O)NNC(=O)c2ccc(NC(=O)C(C)C)cc2)c1. The lowest BCUT2D eigenvalue weighted by atomic mass is 10.1. The lowest BCUT2D eigenvalue weighted by Crippen LogP contribution is -2.43. The molecular formula is C21H25N3O4.